The zero-order valence-corrected chi connectivity index (χ0v) is 12.4. The smallest absolute Gasteiger partial charge is 0.261 e. The first kappa shape index (κ1) is 14.2. The molecule has 3 rings (SSSR count). The Bertz CT molecular complexity index is 784. The molecule has 0 radical (unpaired) electrons. The lowest BCUT2D eigenvalue weighted by molar-refractivity contribution is 0.414. The van der Waals surface area contributed by atoms with Gasteiger partial charge in [0.2, 0.25) is 0 Å². The van der Waals surface area contributed by atoms with E-state index >= 15 is 0 Å². The van der Waals surface area contributed by atoms with Gasteiger partial charge in [0.1, 0.15) is 19.3 Å². The van der Waals surface area contributed by atoms with Crippen LogP contribution in [-0.4, -0.2) is 30.2 Å². The van der Waals surface area contributed by atoms with Crippen LogP contribution in [0.15, 0.2) is 47.0 Å². The van der Waals surface area contributed by atoms with Crippen molar-refractivity contribution in [1.29, 1.82) is 0 Å². The Morgan fingerprint density at radius 2 is 1.95 bits per heavy atom. The summed E-state index contributed by atoms with van der Waals surface area (Å²) in [4.78, 5) is 4.35. The summed E-state index contributed by atoms with van der Waals surface area (Å²) >= 11 is 0. The zero-order valence-electron chi connectivity index (χ0n) is 12.4. The molecule has 0 unspecified atom stereocenters. The van der Waals surface area contributed by atoms with Gasteiger partial charge in [0, 0.05) is 6.42 Å². The molecule has 0 aliphatic heterocycles. The highest BCUT2D eigenvalue weighted by atomic mass is 16.5. The van der Waals surface area contributed by atoms with E-state index < -0.39 is 0 Å². The number of ether oxygens (including phenoxy) is 1. The first-order valence-electron chi connectivity index (χ1n) is 6.91. The second kappa shape index (κ2) is 5.93. The van der Waals surface area contributed by atoms with Crippen molar-refractivity contribution in [3.63, 3.8) is 0 Å². The van der Waals surface area contributed by atoms with Crippen molar-refractivity contribution in [2.45, 2.75) is 6.42 Å². The molecule has 0 bridgehead atoms. The van der Waals surface area contributed by atoms with Gasteiger partial charge in [0.25, 0.3) is 5.89 Å². The molecule has 1 heterocycles. The molecule has 0 aliphatic rings. The minimum atomic E-state index is 0.130. The quantitative estimate of drug-likeness (QED) is 0.735. The molecule has 0 aliphatic carbocycles. The molecule has 6 heteroatoms. The van der Waals surface area contributed by atoms with Crippen LogP contribution in [0.5, 0.6) is 11.5 Å². The predicted octanol–water partition coefficient (Wildman–Crippen LogP) is 1.30. The van der Waals surface area contributed by atoms with E-state index in [0.717, 1.165) is 16.8 Å². The van der Waals surface area contributed by atoms with E-state index in [4.69, 9.17) is 9.26 Å². The van der Waals surface area contributed by atoms with Crippen molar-refractivity contribution in [3.05, 3.63) is 53.9 Å². The predicted molar refractivity (Wildman–Crippen MR) is 85.4 cm³/mol. The fraction of sp³-hybridized carbons (Fsp3) is 0.125. The number of methoxy groups -OCH3 is 1. The SMILES string of the molecule is Bc1ccc(O)c(-c2nc(Cc3ccc(OC)cc3)no2)c1. The van der Waals surface area contributed by atoms with Gasteiger partial charge in [-0.3, -0.25) is 0 Å². The molecule has 110 valence electrons. The Morgan fingerprint density at radius 1 is 1.18 bits per heavy atom. The Balaban J connectivity index is 1.82. The minimum absolute atomic E-state index is 0.130. The van der Waals surface area contributed by atoms with Gasteiger partial charge in [-0.1, -0.05) is 34.9 Å². The van der Waals surface area contributed by atoms with Crippen LogP contribution in [0.2, 0.25) is 0 Å². The number of phenols is 1. The van der Waals surface area contributed by atoms with Gasteiger partial charge in [0.05, 0.1) is 12.7 Å². The second-order valence-electron chi connectivity index (χ2n) is 5.06. The highest BCUT2D eigenvalue weighted by molar-refractivity contribution is 6.32. The van der Waals surface area contributed by atoms with E-state index in [2.05, 4.69) is 10.1 Å². The molecule has 0 amide bonds. The van der Waals surface area contributed by atoms with Crippen molar-refractivity contribution in [2.24, 2.45) is 0 Å². The molecule has 0 saturated carbocycles. The maximum absolute atomic E-state index is 9.90. The van der Waals surface area contributed by atoms with Crippen LogP contribution in [0, 0.1) is 0 Å². The highest BCUT2D eigenvalue weighted by Gasteiger charge is 2.13. The summed E-state index contributed by atoms with van der Waals surface area (Å²) in [6, 6.07) is 13.0. The van der Waals surface area contributed by atoms with Crippen LogP contribution in [-0.2, 0) is 6.42 Å². The molecular formula is C16H15BN2O3. The molecule has 22 heavy (non-hydrogen) atoms. The molecule has 5 nitrogen and oxygen atoms in total. The second-order valence-corrected chi connectivity index (χ2v) is 5.06. The van der Waals surface area contributed by atoms with E-state index in [0.29, 0.717) is 23.7 Å². The molecule has 1 aromatic heterocycles. The van der Waals surface area contributed by atoms with E-state index in [1.165, 1.54) is 0 Å². The van der Waals surface area contributed by atoms with Crippen LogP contribution in [0.3, 0.4) is 0 Å². The molecule has 0 saturated heterocycles. The monoisotopic (exact) mass is 294 g/mol. The number of aromatic nitrogens is 2. The Labute approximate surface area is 129 Å². The number of benzene rings is 2. The van der Waals surface area contributed by atoms with E-state index in [9.17, 15) is 5.11 Å². The first-order chi connectivity index (χ1) is 10.7. The third-order valence-corrected chi connectivity index (χ3v) is 3.37. The summed E-state index contributed by atoms with van der Waals surface area (Å²) in [6.45, 7) is 0. The van der Waals surface area contributed by atoms with Crippen LogP contribution in [0.4, 0.5) is 0 Å². The third kappa shape index (κ3) is 2.95. The number of phenolic OH excluding ortho intramolecular Hbond substituents is 1. The average Bonchev–Trinajstić information content (AvgIpc) is 2.99. The van der Waals surface area contributed by atoms with Crippen molar-refractivity contribution in [1.82, 2.24) is 10.1 Å². The molecular weight excluding hydrogens is 279 g/mol. The van der Waals surface area contributed by atoms with Gasteiger partial charge in [-0.15, -0.1) is 0 Å². The molecule has 0 fully saturated rings. The summed E-state index contributed by atoms with van der Waals surface area (Å²) in [6.07, 6.45) is 0.556. The number of hydrogen-bond donors (Lipinski definition) is 1. The maximum Gasteiger partial charge on any atom is 0.261 e. The van der Waals surface area contributed by atoms with Crippen molar-refractivity contribution in [3.8, 4) is 23.0 Å². The van der Waals surface area contributed by atoms with Crippen LogP contribution < -0.4 is 10.2 Å². The number of aromatic hydroxyl groups is 1. The number of hydrogen-bond acceptors (Lipinski definition) is 5. The van der Waals surface area contributed by atoms with Crippen LogP contribution in [0.25, 0.3) is 11.5 Å². The molecule has 2 aromatic carbocycles. The molecule has 0 spiro atoms. The van der Waals surface area contributed by atoms with E-state index in [1.807, 2.05) is 44.2 Å². The average molecular weight is 294 g/mol. The number of rotatable bonds is 4. The van der Waals surface area contributed by atoms with Gasteiger partial charge in [-0.05, 0) is 23.8 Å². The largest absolute Gasteiger partial charge is 0.507 e. The molecule has 1 N–H and O–H groups in total. The molecule has 0 atom stereocenters. The van der Waals surface area contributed by atoms with Crippen molar-refractivity contribution >= 4 is 13.3 Å². The summed E-state index contributed by atoms with van der Waals surface area (Å²) < 4.78 is 10.4. The van der Waals surface area contributed by atoms with Gasteiger partial charge in [-0.25, -0.2) is 0 Å². The van der Waals surface area contributed by atoms with Crippen molar-refractivity contribution < 1.29 is 14.4 Å². The number of nitrogens with zero attached hydrogens (tertiary/aromatic N) is 2. The van der Waals surface area contributed by atoms with Crippen molar-refractivity contribution in [2.75, 3.05) is 7.11 Å². The standard InChI is InChI=1S/C16H15BN2O3/c1-21-12-5-2-10(3-6-12)8-15-18-16(22-19-15)13-9-11(17)4-7-14(13)20/h2-7,9,20H,8,17H2,1H3. The molecule has 3 aromatic rings. The lowest BCUT2D eigenvalue weighted by Gasteiger charge is -2.01. The zero-order chi connectivity index (χ0) is 15.5. The van der Waals surface area contributed by atoms with Crippen LogP contribution in [0.1, 0.15) is 11.4 Å². The Morgan fingerprint density at radius 3 is 2.68 bits per heavy atom. The Kier molecular flexibility index (Phi) is 3.83. The highest BCUT2D eigenvalue weighted by Crippen LogP contribution is 2.26. The fourth-order valence-corrected chi connectivity index (χ4v) is 2.18. The lowest BCUT2D eigenvalue weighted by atomic mass is 9.94. The Hall–Kier alpha value is -2.76. The van der Waals surface area contributed by atoms with Gasteiger partial charge >= 0.3 is 0 Å². The van der Waals surface area contributed by atoms with E-state index in [1.54, 1.807) is 13.2 Å². The van der Waals surface area contributed by atoms with Gasteiger partial charge in [0.15, 0.2) is 5.82 Å². The maximum atomic E-state index is 9.90. The summed E-state index contributed by atoms with van der Waals surface area (Å²) in [5, 5.41) is 13.9. The fourth-order valence-electron chi connectivity index (χ4n) is 2.18. The third-order valence-electron chi connectivity index (χ3n) is 3.37. The first-order valence-corrected chi connectivity index (χ1v) is 6.91. The van der Waals surface area contributed by atoms with Crippen LogP contribution >= 0.6 is 0 Å². The van der Waals surface area contributed by atoms with E-state index in [-0.39, 0.29) is 5.75 Å². The lowest BCUT2D eigenvalue weighted by Crippen LogP contribution is -2.01. The summed E-state index contributed by atoms with van der Waals surface area (Å²) in [7, 11) is 3.58. The minimum Gasteiger partial charge on any atom is -0.507 e. The summed E-state index contributed by atoms with van der Waals surface area (Å²) in [5.74, 6) is 1.83. The van der Waals surface area contributed by atoms with Gasteiger partial charge in [-0.2, -0.15) is 4.98 Å². The summed E-state index contributed by atoms with van der Waals surface area (Å²) in [5.41, 5.74) is 2.62. The van der Waals surface area contributed by atoms with Gasteiger partial charge < -0.3 is 14.4 Å². The normalized spacial score (nSPS) is 10.6. The topological polar surface area (TPSA) is 68.4 Å².